The van der Waals surface area contributed by atoms with Gasteiger partial charge in [-0.1, -0.05) is 25.7 Å². The third-order valence-corrected chi connectivity index (χ3v) is 6.59. The van der Waals surface area contributed by atoms with Gasteiger partial charge in [-0.2, -0.15) is 8.42 Å². The molecule has 1 aliphatic heterocycles. The van der Waals surface area contributed by atoms with Crippen LogP contribution in [0.25, 0.3) is 11.2 Å². The molecule has 0 bridgehead atoms. The van der Waals surface area contributed by atoms with Crippen LogP contribution in [0.4, 0.5) is 5.82 Å². The third-order valence-electron chi connectivity index (χ3n) is 5.67. The number of carboxylic acid groups (broad SMARTS) is 1. The number of aliphatic hydroxyl groups is 2. The largest absolute Gasteiger partial charge is 0.481 e. The van der Waals surface area contributed by atoms with Crippen LogP contribution in [0.5, 0.6) is 0 Å². The zero-order valence-corrected chi connectivity index (χ0v) is 20.2. The first-order chi connectivity index (χ1) is 17.1. The van der Waals surface area contributed by atoms with E-state index in [9.17, 15) is 28.2 Å². The van der Waals surface area contributed by atoms with Crippen molar-refractivity contribution in [2.24, 2.45) is 0 Å². The summed E-state index contributed by atoms with van der Waals surface area (Å²) in [7, 11) is -4.47. The van der Waals surface area contributed by atoms with Crippen molar-refractivity contribution in [1.82, 2.24) is 24.2 Å². The van der Waals surface area contributed by atoms with Gasteiger partial charge in [-0.3, -0.25) is 18.3 Å². The number of carboxylic acids is 1. The number of nitrogens with zero attached hydrogens (tertiary/aromatic N) is 4. The summed E-state index contributed by atoms with van der Waals surface area (Å²) in [5.41, 5.74) is 6.27. The average Bonchev–Trinajstić information content (AvgIpc) is 3.36. The van der Waals surface area contributed by atoms with Crippen molar-refractivity contribution in [3.8, 4) is 0 Å². The fourth-order valence-corrected chi connectivity index (χ4v) is 4.55. The number of amides is 1. The molecule has 1 amide bonds. The number of ether oxygens (including phenoxy) is 1. The number of aliphatic hydroxyl groups excluding tert-OH is 2. The SMILES string of the molecule is Nc1ncnc2c1ncn2[C@@H]1O[C@H](COS(=O)(=O)NC(=O)CCCCCCCCC(=O)O)[C@@H](O)[C@H]1O. The van der Waals surface area contributed by atoms with E-state index in [4.69, 9.17) is 19.8 Å². The second-order valence-electron chi connectivity index (χ2n) is 8.41. The van der Waals surface area contributed by atoms with Crippen molar-refractivity contribution in [1.29, 1.82) is 0 Å². The van der Waals surface area contributed by atoms with Gasteiger partial charge in [0.1, 0.15) is 30.2 Å². The number of carbonyl (C=O) groups excluding carboxylic acids is 1. The molecule has 16 heteroatoms. The molecule has 0 aromatic carbocycles. The summed E-state index contributed by atoms with van der Waals surface area (Å²) in [6.45, 7) is -0.655. The van der Waals surface area contributed by atoms with E-state index in [1.807, 2.05) is 0 Å². The number of hydrogen-bond acceptors (Lipinski definition) is 12. The summed E-state index contributed by atoms with van der Waals surface area (Å²) in [5, 5.41) is 29.3. The van der Waals surface area contributed by atoms with Crippen molar-refractivity contribution < 1.29 is 42.2 Å². The van der Waals surface area contributed by atoms with Gasteiger partial charge in [0.15, 0.2) is 17.7 Å². The standard InChI is InChI=1S/C20H30N6O9S/c21-18-15-19(23-10-22-18)26(11-24-15)20-17(31)16(30)12(35-20)9-34-36(32,33)25-13(27)7-5-3-1-2-4-6-8-14(28)29/h10-12,16-17,20,30-31H,1-9H2,(H,25,27)(H,28,29)(H2,21,22,23)/t12-,16-,17-,20-/m1/s1. The van der Waals surface area contributed by atoms with E-state index in [0.717, 1.165) is 19.3 Å². The Hall–Kier alpha value is -2.92. The monoisotopic (exact) mass is 530 g/mol. The minimum absolute atomic E-state index is 0.0280. The number of unbranched alkanes of at least 4 members (excludes halogenated alkanes) is 5. The normalized spacial score (nSPS) is 22.2. The first-order valence-electron chi connectivity index (χ1n) is 11.5. The van der Waals surface area contributed by atoms with Gasteiger partial charge in [-0.05, 0) is 12.8 Å². The molecule has 2 aromatic heterocycles. The number of aromatic nitrogens is 4. The van der Waals surface area contributed by atoms with Crippen LogP contribution >= 0.6 is 0 Å². The molecule has 6 N–H and O–H groups in total. The maximum atomic E-state index is 12.1. The Labute approximate surface area is 206 Å². The highest BCUT2D eigenvalue weighted by molar-refractivity contribution is 7.85. The molecule has 4 atom stereocenters. The van der Waals surface area contributed by atoms with Gasteiger partial charge in [0, 0.05) is 12.8 Å². The van der Waals surface area contributed by atoms with Crippen LogP contribution in [0.15, 0.2) is 12.7 Å². The van der Waals surface area contributed by atoms with Crippen molar-refractivity contribution in [3.63, 3.8) is 0 Å². The van der Waals surface area contributed by atoms with Crippen LogP contribution in [0.1, 0.15) is 57.6 Å². The number of nitrogen functional groups attached to an aromatic ring is 1. The Morgan fingerprint density at radius 2 is 1.72 bits per heavy atom. The molecule has 0 spiro atoms. The lowest BCUT2D eigenvalue weighted by Gasteiger charge is -2.16. The Morgan fingerprint density at radius 1 is 1.06 bits per heavy atom. The summed E-state index contributed by atoms with van der Waals surface area (Å²) < 4.78 is 37.8. The minimum atomic E-state index is -4.47. The summed E-state index contributed by atoms with van der Waals surface area (Å²) in [6.07, 6.45) is 1.47. The van der Waals surface area contributed by atoms with E-state index in [2.05, 4.69) is 15.0 Å². The molecule has 1 aliphatic rings. The molecular weight excluding hydrogens is 500 g/mol. The highest BCUT2D eigenvalue weighted by Gasteiger charge is 2.45. The molecule has 0 aliphatic carbocycles. The van der Waals surface area contributed by atoms with Gasteiger partial charge >= 0.3 is 16.3 Å². The molecule has 1 saturated heterocycles. The van der Waals surface area contributed by atoms with E-state index in [1.54, 1.807) is 4.72 Å². The quantitative estimate of drug-likeness (QED) is 0.196. The topological polar surface area (TPSA) is 229 Å². The number of fused-ring (bicyclic) bond motifs is 1. The lowest BCUT2D eigenvalue weighted by molar-refractivity contribution is -0.137. The number of anilines is 1. The van der Waals surface area contributed by atoms with E-state index < -0.39 is 53.3 Å². The summed E-state index contributed by atoms with van der Waals surface area (Å²) in [4.78, 5) is 34.3. The zero-order chi connectivity index (χ0) is 26.3. The number of rotatable bonds is 14. The molecule has 0 saturated carbocycles. The van der Waals surface area contributed by atoms with Gasteiger partial charge in [0.25, 0.3) is 0 Å². The molecule has 3 heterocycles. The van der Waals surface area contributed by atoms with Gasteiger partial charge in [0.05, 0.1) is 12.9 Å². The smallest absolute Gasteiger partial charge is 0.362 e. The maximum absolute atomic E-state index is 12.1. The van der Waals surface area contributed by atoms with Gasteiger partial charge in [0.2, 0.25) is 5.91 Å². The van der Waals surface area contributed by atoms with E-state index >= 15 is 0 Å². The number of aliphatic carboxylic acids is 1. The number of hydrogen-bond donors (Lipinski definition) is 5. The first kappa shape index (κ1) is 27.7. The lowest BCUT2D eigenvalue weighted by Crippen LogP contribution is -2.37. The number of imidazole rings is 1. The molecular formula is C20H30N6O9S. The van der Waals surface area contributed by atoms with Crippen molar-refractivity contribution in [2.75, 3.05) is 12.3 Å². The van der Waals surface area contributed by atoms with Gasteiger partial charge < -0.3 is 25.8 Å². The minimum Gasteiger partial charge on any atom is -0.481 e. The highest BCUT2D eigenvalue weighted by atomic mass is 32.2. The predicted octanol–water partition coefficient (Wildman–Crippen LogP) is -0.389. The molecule has 0 radical (unpaired) electrons. The highest BCUT2D eigenvalue weighted by Crippen LogP contribution is 2.32. The lowest BCUT2D eigenvalue weighted by atomic mass is 10.1. The van der Waals surface area contributed by atoms with Crippen molar-refractivity contribution in [3.05, 3.63) is 12.7 Å². The first-order valence-corrected chi connectivity index (χ1v) is 12.9. The van der Waals surface area contributed by atoms with Crippen LogP contribution in [0.3, 0.4) is 0 Å². The second-order valence-corrected chi connectivity index (χ2v) is 9.76. The second kappa shape index (κ2) is 12.4. The number of nitrogens with two attached hydrogens (primary N) is 1. The van der Waals surface area contributed by atoms with Crippen LogP contribution in [-0.4, -0.2) is 80.1 Å². The van der Waals surface area contributed by atoms with Crippen LogP contribution in [-0.2, 0) is 28.8 Å². The molecule has 15 nitrogen and oxygen atoms in total. The van der Waals surface area contributed by atoms with E-state index in [-0.39, 0.29) is 29.8 Å². The molecule has 1 fully saturated rings. The van der Waals surface area contributed by atoms with Crippen LogP contribution < -0.4 is 10.5 Å². The summed E-state index contributed by atoms with van der Waals surface area (Å²) >= 11 is 0. The molecule has 2 aromatic rings. The molecule has 200 valence electrons. The maximum Gasteiger partial charge on any atom is 0.362 e. The van der Waals surface area contributed by atoms with Gasteiger partial charge in [-0.15, -0.1) is 0 Å². The zero-order valence-electron chi connectivity index (χ0n) is 19.4. The number of carbonyl (C=O) groups is 2. The number of nitrogens with one attached hydrogen (secondary N) is 1. The van der Waals surface area contributed by atoms with E-state index in [0.29, 0.717) is 19.3 Å². The molecule has 36 heavy (non-hydrogen) atoms. The van der Waals surface area contributed by atoms with Crippen LogP contribution in [0.2, 0.25) is 0 Å². The predicted molar refractivity (Wildman–Crippen MR) is 123 cm³/mol. The van der Waals surface area contributed by atoms with Crippen LogP contribution in [0, 0.1) is 0 Å². The fourth-order valence-electron chi connectivity index (χ4n) is 3.80. The van der Waals surface area contributed by atoms with E-state index in [1.165, 1.54) is 17.2 Å². The summed E-state index contributed by atoms with van der Waals surface area (Å²) in [5.74, 6) is -1.45. The van der Waals surface area contributed by atoms with Crippen molar-refractivity contribution in [2.45, 2.75) is 75.9 Å². The average molecular weight is 531 g/mol. The Bertz CT molecular complexity index is 1160. The Kier molecular flexibility index (Phi) is 9.49. The Morgan fingerprint density at radius 3 is 2.42 bits per heavy atom. The fraction of sp³-hybridized carbons (Fsp3) is 0.650. The molecule has 3 rings (SSSR count). The van der Waals surface area contributed by atoms with Crippen molar-refractivity contribution >= 4 is 39.2 Å². The third kappa shape index (κ3) is 7.30. The molecule has 0 unspecified atom stereocenters. The van der Waals surface area contributed by atoms with Gasteiger partial charge in [-0.25, -0.2) is 19.7 Å². The summed E-state index contributed by atoms with van der Waals surface area (Å²) in [6, 6.07) is 0. The Balaban J connectivity index is 1.42.